The highest BCUT2D eigenvalue weighted by Crippen LogP contribution is 2.36. The van der Waals surface area contributed by atoms with Gasteiger partial charge in [-0.2, -0.15) is 0 Å². The zero-order valence-corrected chi connectivity index (χ0v) is 17.5. The Labute approximate surface area is 166 Å². The fourth-order valence-electron chi connectivity index (χ4n) is 3.49. The van der Waals surface area contributed by atoms with E-state index in [1.54, 1.807) is 0 Å². The van der Waals surface area contributed by atoms with Crippen LogP contribution in [0.15, 0.2) is 54.6 Å². The zero-order chi connectivity index (χ0) is 18.1. The zero-order valence-electron chi connectivity index (χ0n) is 16.7. The molecule has 0 heterocycles. The van der Waals surface area contributed by atoms with Crippen LogP contribution in [0.3, 0.4) is 0 Å². The summed E-state index contributed by atoms with van der Waals surface area (Å²) in [5.41, 5.74) is 2.73. The second kappa shape index (κ2) is 12.0. The highest BCUT2D eigenvalue weighted by Gasteiger charge is 2.24. The van der Waals surface area contributed by atoms with Crippen molar-refractivity contribution in [2.75, 3.05) is 19.7 Å². The van der Waals surface area contributed by atoms with Crippen molar-refractivity contribution in [3.05, 3.63) is 65.7 Å². The molecule has 2 atom stereocenters. The fourth-order valence-corrected chi connectivity index (χ4v) is 3.49. The minimum absolute atomic E-state index is 0. The van der Waals surface area contributed by atoms with Crippen molar-refractivity contribution in [2.24, 2.45) is 0 Å². The number of hydrogen-bond donors (Lipinski definition) is 0. The summed E-state index contributed by atoms with van der Waals surface area (Å²) in [5, 5.41) is 0. The molecule has 0 amide bonds. The average Bonchev–Trinajstić information content (AvgIpc) is 2.67. The van der Waals surface area contributed by atoms with Crippen LogP contribution < -0.4 is 4.74 Å². The molecule has 3 heteroatoms. The second-order valence-electron chi connectivity index (χ2n) is 6.67. The topological polar surface area (TPSA) is 12.5 Å². The molecule has 0 aliphatic rings. The molecule has 0 saturated heterocycles. The van der Waals surface area contributed by atoms with E-state index >= 15 is 0 Å². The summed E-state index contributed by atoms with van der Waals surface area (Å²) in [5.74, 6) is 1.55. The first kappa shape index (κ1) is 22.5. The molecular weight excluding hydrogens is 342 g/mol. The molecule has 2 aromatic rings. The highest BCUT2D eigenvalue weighted by molar-refractivity contribution is 5.85. The van der Waals surface area contributed by atoms with Gasteiger partial charge in [0.25, 0.3) is 0 Å². The lowest BCUT2D eigenvalue weighted by Crippen LogP contribution is -2.30. The maximum Gasteiger partial charge on any atom is 0.124 e. The molecule has 2 unspecified atom stereocenters. The number of rotatable bonds is 10. The minimum atomic E-state index is 0. The van der Waals surface area contributed by atoms with E-state index in [1.165, 1.54) is 11.1 Å². The van der Waals surface area contributed by atoms with Crippen LogP contribution in [0.1, 0.15) is 63.6 Å². The van der Waals surface area contributed by atoms with Gasteiger partial charge >= 0.3 is 0 Å². The number of nitrogens with zero attached hydrogens (tertiary/aromatic N) is 1. The third-order valence-electron chi connectivity index (χ3n) is 4.94. The van der Waals surface area contributed by atoms with Gasteiger partial charge in [-0.15, -0.1) is 12.4 Å². The predicted octanol–water partition coefficient (Wildman–Crippen LogP) is 6.47. The number of hydrogen-bond acceptors (Lipinski definition) is 2. The Morgan fingerprint density at radius 3 is 2.12 bits per heavy atom. The summed E-state index contributed by atoms with van der Waals surface area (Å²) in [7, 11) is 0. The molecule has 2 nitrogen and oxygen atoms in total. The Kier molecular flexibility index (Phi) is 10.4. The van der Waals surface area contributed by atoms with Crippen molar-refractivity contribution in [2.45, 2.75) is 52.5 Å². The molecule has 2 aromatic carbocycles. The van der Waals surface area contributed by atoms with Crippen LogP contribution in [-0.2, 0) is 0 Å². The number of halogens is 1. The van der Waals surface area contributed by atoms with Gasteiger partial charge in [0.05, 0.1) is 6.61 Å². The highest BCUT2D eigenvalue weighted by atomic mass is 35.5. The lowest BCUT2D eigenvalue weighted by atomic mass is 9.89. The second-order valence-corrected chi connectivity index (χ2v) is 6.67. The largest absolute Gasteiger partial charge is 0.493 e. The monoisotopic (exact) mass is 375 g/mol. The number of benzene rings is 2. The van der Waals surface area contributed by atoms with Gasteiger partial charge < -0.3 is 4.74 Å². The summed E-state index contributed by atoms with van der Waals surface area (Å²) in [6, 6.07) is 19.8. The Morgan fingerprint density at radius 1 is 0.885 bits per heavy atom. The molecule has 0 fully saturated rings. The molecular formula is C23H34ClNO. The van der Waals surface area contributed by atoms with Crippen LogP contribution in [0.25, 0.3) is 0 Å². The van der Waals surface area contributed by atoms with Gasteiger partial charge in [0.2, 0.25) is 0 Å². The Bertz CT molecular complexity index is 613. The van der Waals surface area contributed by atoms with Gasteiger partial charge in [-0.05, 0) is 43.5 Å². The molecule has 0 aliphatic heterocycles. The predicted molar refractivity (Wildman–Crippen MR) is 115 cm³/mol. The lowest BCUT2D eigenvalue weighted by Gasteiger charge is -2.33. The van der Waals surface area contributed by atoms with E-state index in [1.807, 2.05) is 0 Å². The fraction of sp³-hybridized carbons (Fsp3) is 0.478. The lowest BCUT2D eigenvalue weighted by molar-refractivity contribution is 0.194. The molecule has 0 N–H and O–H groups in total. The van der Waals surface area contributed by atoms with Crippen molar-refractivity contribution in [1.29, 1.82) is 0 Å². The van der Waals surface area contributed by atoms with E-state index in [9.17, 15) is 0 Å². The van der Waals surface area contributed by atoms with Gasteiger partial charge in [0, 0.05) is 11.6 Å². The van der Waals surface area contributed by atoms with E-state index in [4.69, 9.17) is 4.74 Å². The van der Waals surface area contributed by atoms with Gasteiger partial charge in [-0.3, -0.25) is 4.90 Å². The average molecular weight is 376 g/mol. The Hall–Kier alpha value is -1.51. The van der Waals surface area contributed by atoms with Crippen LogP contribution in [0, 0.1) is 0 Å². The van der Waals surface area contributed by atoms with E-state index in [2.05, 4.69) is 87.2 Å². The van der Waals surface area contributed by atoms with Crippen molar-refractivity contribution < 1.29 is 4.74 Å². The van der Waals surface area contributed by atoms with Crippen molar-refractivity contribution in [1.82, 2.24) is 4.90 Å². The number of para-hydroxylation sites is 1. The van der Waals surface area contributed by atoms with Gasteiger partial charge in [-0.25, -0.2) is 0 Å². The first-order chi connectivity index (χ1) is 12.2. The maximum absolute atomic E-state index is 6.07. The van der Waals surface area contributed by atoms with Crippen LogP contribution >= 0.6 is 12.4 Å². The third kappa shape index (κ3) is 6.03. The summed E-state index contributed by atoms with van der Waals surface area (Å²) in [6.07, 6.45) is 2.13. The van der Waals surface area contributed by atoms with E-state index in [0.717, 1.165) is 38.3 Å². The van der Waals surface area contributed by atoms with Crippen LogP contribution in [-0.4, -0.2) is 24.6 Å². The first-order valence-corrected chi connectivity index (χ1v) is 9.71. The van der Waals surface area contributed by atoms with Crippen LogP contribution in [0.5, 0.6) is 5.75 Å². The molecule has 0 bridgehead atoms. The van der Waals surface area contributed by atoms with Gasteiger partial charge in [0.15, 0.2) is 0 Å². The maximum atomic E-state index is 6.07. The molecule has 144 valence electrons. The third-order valence-corrected chi connectivity index (χ3v) is 4.94. The Balaban J connectivity index is 0.00000338. The van der Waals surface area contributed by atoms with Gasteiger partial charge in [0.1, 0.15) is 5.75 Å². The molecule has 0 radical (unpaired) electrons. The quantitative estimate of drug-likeness (QED) is 0.471. The van der Waals surface area contributed by atoms with Crippen LogP contribution in [0.2, 0.25) is 0 Å². The molecule has 2 rings (SSSR count). The number of ether oxygens (including phenoxy) is 1. The molecule has 0 saturated carbocycles. The summed E-state index contributed by atoms with van der Waals surface area (Å²) in [4.78, 5) is 2.55. The standard InChI is InChI=1S/C23H33NO.ClH/c1-5-17-25-23-16-12-11-15-21(23)22(24(6-2)7-3)18-19(4)20-13-9-8-10-14-20;/h8-16,19,22H,5-7,17-18H2,1-4H3;1H. The summed E-state index contributed by atoms with van der Waals surface area (Å²) in [6.45, 7) is 11.9. The van der Waals surface area contributed by atoms with E-state index in [0.29, 0.717) is 12.0 Å². The van der Waals surface area contributed by atoms with Crippen molar-refractivity contribution in [3.63, 3.8) is 0 Å². The van der Waals surface area contributed by atoms with E-state index in [-0.39, 0.29) is 12.4 Å². The van der Waals surface area contributed by atoms with Crippen molar-refractivity contribution >= 4 is 12.4 Å². The summed E-state index contributed by atoms with van der Waals surface area (Å²) >= 11 is 0. The molecule has 26 heavy (non-hydrogen) atoms. The minimum Gasteiger partial charge on any atom is -0.493 e. The smallest absolute Gasteiger partial charge is 0.124 e. The summed E-state index contributed by atoms with van der Waals surface area (Å²) < 4.78 is 6.07. The van der Waals surface area contributed by atoms with E-state index < -0.39 is 0 Å². The molecule has 0 aromatic heterocycles. The SMILES string of the molecule is CCCOc1ccccc1C(CC(C)c1ccccc1)N(CC)CC.Cl. The molecule has 0 aliphatic carbocycles. The van der Waals surface area contributed by atoms with Crippen LogP contribution in [0.4, 0.5) is 0 Å². The van der Waals surface area contributed by atoms with Crippen molar-refractivity contribution in [3.8, 4) is 5.75 Å². The molecule has 0 spiro atoms. The first-order valence-electron chi connectivity index (χ1n) is 9.71. The van der Waals surface area contributed by atoms with Gasteiger partial charge in [-0.1, -0.05) is 76.2 Å². The Morgan fingerprint density at radius 2 is 1.50 bits per heavy atom. The normalized spacial score (nSPS) is 13.1.